The van der Waals surface area contributed by atoms with Crippen molar-refractivity contribution < 1.29 is 9.53 Å². The van der Waals surface area contributed by atoms with Gasteiger partial charge in [-0.3, -0.25) is 4.79 Å². The molecule has 0 radical (unpaired) electrons. The number of ether oxygens (including phenoxy) is 1. The number of hydrogen-bond acceptors (Lipinski definition) is 3. The van der Waals surface area contributed by atoms with Gasteiger partial charge >= 0.3 is 0 Å². The van der Waals surface area contributed by atoms with Crippen LogP contribution in [-0.4, -0.2) is 43.7 Å². The zero-order valence-corrected chi connectivity index (χ0v) is 12.9. The maximum absolute atomic E-state index is 12.5. The number of halogens is 1. The molecule has 1 saturated heterocycles. The fourth-order valence-electron chi connectivity index (χ4n) is 2.50. The zero-order valence-electron chi connectivity index (χ0n) is 12.1. The summed E-state index contributed by atoms with van der Waals surface area (Å²) in [4.78, 5) is 14.2. The van der Waals surface area contributed by atoms with Crippen molar-refractivity contribution in [2.24, 2.45) is 0 Å². The highest BCUT2D eigenvalue weighted by Crippen LogP contribution is 2.23. The lowest BCUT2D eigenvalue weighted by Gasteiger charge is -2.28. The number of nitrogens with zero attached hydrogens (tertiary/aromatic N) is 1. The predicted octanol–water partition coefficient (Wildman–Crippen LogP) is 2.24. The van der Waals surface area contributed by atoms with Gasteiger partial charge in [-0.2, -0.15) is 0 Å². The molecule has 0 bridgehead atoms. The summed E-state index contributed by atoms with van der Waals surface area (Å²) in [5.41, 5.74) is 1.04. The minimum absolute atomic E-state index is 0.00963. The first kappa shape index (κ1) is 15.3. The van der Waals surface area contributed by atoms with E-state index in [1.807, 2.05) is 38.2 Å². The highest BCUT2D eigenvalue weighted by atomic mass is 35.5. The lowest BCUT2D eigenvalue weighted by molar-refractivity contribution is -0.133. The van der Waals surface area contributed by atoms with Crippen molar-refractivity contribution in [1.29, 1.82) is 0 Å². The fourth-order valence-corrected chi connectivity index (χ4v) is 2.70. The number of nitrogens with one attached hydrogen (secondary N) is 1. The number of amides is 1. The van der Waals surface area contributed by atoms with E-state index in [9.17, 15) is 4.79 Å². The van der Waals surface area contributed by atoms with Crippen LogP contribution in [0.4, 0.5) is 0 Å². The second-order valence-corrected chi connectivity index (χ2v) is 5.67. The van der Waals surface area contributed by atoms with Gasteiger partial charge in [-0.15, -0.1) is 0 Å². The van der Waals surface area contributed by atoms with E-state index in [-0.39, 0.29) is 24.1 Å². The Hall–Kier alpha value is -1.10. The van der Waals surface area contributed by atoms with Gasteiger partial charge in [0.2, 0.25) is 5.91 Å². The first-order valence-corrected chi connectivity index (χ1v) is 7.19. The SMILES string of the molecule is COC1CNC(C(=O)N(C)C(C)c2cccc(Cl)c2)C1. The quantitative estimate of drug-likeness (QED) is 0.926. The van der Waals surface area contributed by atoms with Gasteiger partial charge in [-0.1, -0.05) is 23.7 Å². The number of rotatable bonds is 4. The first-order valence-electron chi connectivity index (χ1n) is 6.81. The van der Waals surface area contributed by atoms with Crippen molar-refractivity contribution in [2.75, 3.05) is 20.7 Å². The van der Waals surface area contributed by atoms with Crippen LogP contribution in [0, 0.1) is 0 Å². The summed E-state index contributed by atoms with van der Waals surface area (Å²) in [6.45, 7) is 2.73. The third kappa shape index (κ3) is 3.32. The monoisotopic (exact) mass is 296 g/mol. The summed E-state index contributed by atoms with van der Waals surface area (Å²) in [7, 11) is 3.51. The lowest BCUT2D eigenvalue weighted by atomic mass is 10.1. The summed E-state index contributed by atoms with van der Waals surface area (Å²) in [5, 5.41) is 3.90. The van der Waals surface area contributed by atoms with Crippen molar-refractivity contribution in [1.82, 2.24) is 10.2 Å². The molecule has 1 aliphatic heterocycles. The summed E-state index contributed by atoms with van der Waals surface area (Å²) >= 11 is 6.01. The number of carbonyl (C=O) groups is 1. The third-order valence-electron chi connectivity index (χ3n) is 3.98. The van der Waals surface area contributed by atoms with Gasteiger partial charge in [0, 0.05) is 25.7 Å². The second kappa shape index (κ2) is 6.57. The molecule has 1 N–H and O–H groups in total. The minimum atomic E-state index is -0.161. The number of likely N-dealkylation sites (N-methyl/N-ethyl adjacent to an activating group) is 1. The summed E-state index contributed by atoms with van der Waals surface area (Å²) in [6.07, 6.45) is 0.848. The molecule has 1 aromatic rings. The summed E-state index contributed by atoms with van der Waals surface area (Å²) in [5.74, 6) is 0.0945. The van der Waals surface area contributed by atoms with Crippen LogP contribution in [0.2, 0.25) is 5.02 Å². The smallest absolute Gasteiger partial charge is 0.240 e. The van der Waals surface area contributed by atoms with Crippen LogP contribution in [0.1, 0.15) is 24.9 Å². The van der Waals surface area contributed by atoms with Gasteiger partial charge < -0.3 is 15.0 Å². The van der Waals surface area contributed by atoms with Crippen LogP contribution in [0.25, 0.3) is 0 Å². The first-order chi connectivity index (χ1) is 9.52. The largest absolute Gasteiger partial charge is 0.380 e. The van der Waals surface area contributed by atoms with Crippen LogP contribution in [-0.2, 0) is 9.53 Å². The van der Waals surface area contributed by atoms with Crippen molar-refractivity contribution in [3.8, 4) is 0 Å². The molecule has 0 saturated carbocycles. The molecule has 0 spiro atoms. The second-order valence-electron chi connectivity index (χ2n) is 5.23. The average Bonchev–Trinajstić information content (AvgIpc) is 2.93. The molecule has 110 valence electrons. The van der Waals surface area contributed by atoms with Gasteiger partial charge in [0.1, 0.15) is 0 Å². The highest BCUT2D eigenvalue weighted by molar-refractivity contribution is 6.30. The van der Waals surface area contributed by atoms with E-state index in [0.717, 1.165) is 18.5 Å². The van der Waals surface area contributed by atoms with E-state index in [1.165, 1.54) is 0 Å². The van der Waals surface area contributed by atoms with Crippen LogP contribution >= 0.6 is 11.6 Å². The van der Waals surface area contributed by atoms with Gasteiger partial charge in [0.25, 0.3) is 0 Å². The molecule has 20 heavy (non-hydrogen) atoms. The number of benzene rings is 1. The third-order valence-corrected chi connectivity index (χ3v) is 4.22. The maximum atomic E-state index is 12.5. The maximum Gasteiger partial charge on any atom is 0.240 e. The van der Waals surface area contributed by atoms with E-state index in [4.69, 9.17) is 16.3 Å². The standard InChI is InChI=1S/C15H21ClN2O2/c1-10(11-5-4-6-12(16)7-11)18(2)15(19)14-8-13(20-3)9-17-14/h4-7,10,13-14,17H,8-9H2,1-3H3. The van der Waals surface area contributed by atoms with Gasteiger partial charge in [0.15, 0.2) is 0 Å². The van der Waals surface area contributed by atoms with Crippen molar-refractivity contribution in [3.63, 3.8) is 0 Å². The Morgan fingerprint density at radius 1 is 1.55 bits per heavy atom. The number of hydrogen-bond donors (Lipinski definition) is 1. The minimum Gasteiger partial charge on any atom is -0.380 e. The molecule has 1 aromatic carbocycles. The molecule has 1 fully saturated rings. The van der Waals surface area contributed by atoms with E-state index < -0.39 is 0 Å². The summed E-state index contributed by atoms with van der Waals surface area (Å²) in [6, 6.07) is 7.45. The molecular weight excluding hydrogens is 276 g/mol. The molecule has 0 aliphatic carbocycles. The number of carbonyl (C=O) groups excluding carboxylic acids is 1. The predicted molar refractivity (Wildman–Crippen MR) is 79.8 cm³/mol. The van der Waals surface area contributed by atoms with Crippen LogP contribution in [0.3, 0.4) is 0 Å². The normalized spacial score (nSPS) is 23.6. The molecule has 1 amide bonds. The molecule has 5 heteroatoms. The Morgan fingerprint density at radius 2 is 2.30 bits per heavy atom. The van der Waals surface area contributed by atoms with E-state index >= 15 is 0 Å². The fraction of sp³-hybridized carbons (Fsp3) is 0.533. The Labute approximate surface area is 125 Å². The Kier molecular flexibility index (Phi) is 5.02. The topological polar surface area (TPSA) is 41.6 Å². The molecule has 4 nitrogen and oxygen atoms in total. The van der Waals surface area contributed by atoms with E-state index in [0.29, 0.717) is 5.02 Å². The molecule has 3 unspecified atom stereocenters. The number of methoxy groups -OCH3 is 1. The molecule has 0 aromatic heterocycles. The van der Waals surface area contributed by atoms with Gasteiger partial charge in [-0.25, -0.2) is 0 Å². The van der Waals surface area contributed by atoms with E-state index in [1.54, 1.807) is 12.0 Å². The Bertz CT molecular complexity index is 481. The van der Waals surface area contributed by atoms with Crippen molar-refractivity contribution in [3.05, 3.63) is 34.9 Å². The van der Waals surface area contributed by atoms with E-state index in [2.05, 4.69) is 5.32 Å². The molecule has 2 rings (SSSR count). The van der Waals surface area contributed by atoms with Crippen LogP contribution < -0.4 is 5.32 Å². The Morgan fingerprint density at radius 3 is 2.90 bits per heavy atom. The molecule has 1 heterocycles. The highest BCUT2D eigenvalue weighted by Gasteiger charge is 2.32. The average molecular weight is 297 g/mol. The van der Waals surface area contributed by atoms with Crippen LogP contribution in [0.5, 0.6) is 0 Å². The molecular formula is C15H21ClN2O2. The Balaban J connectivity index is 2.03. The molecule has 3 atom stereocenters. The lowest BCUT2D eigenvalue weighted by Crippen LogP contribution is -2.42. The van der Waals surface area contributed by atoms with Crippen LogP contribution in [0.15, 0.2) is 24.3 Å². The van der Waals surface area contributed by atoms with Crippen molar-refractivity contribution >= 4 is 17.5 Å². The molecule has 1 aliphatic rings. The van der Waals surface area contributed by atoms with Gasteiger partial charge in [0.05, 0.1) is 18.2 Å². The zero-order chi connectivity index (χ0) is 14.7. The van der Waals surface area contributed by atoms with Gasteiger partial charge in [-0.05, 0) is 31.0 Å². The van der Waals surface area contributed by atoms with Crippen molar-refractivity contribution in [2.45, 2.75) is 31.5 Å². The summed E-state index contributed by atoms with van der Waals surface area (Å²) < 4.78 is 5.28.